The van der Waals surface area contributed by atoms with Crippen LogP contribution in [0.5, 0.6) is 0 Å². The zero-order valence-electron chi connectivity index (χ0n) is 17.3. The Hall–Kier alpha value is -3.18. The number of nitrogens with zero attached hydrogens (tertiary/aromatic N) is 3. The van der Waals surface area contributed by atoms with Gasteiger partial charge in [-0.15, -0.1) is 0 Å². The minimum Gasteiger partial charge on any atom is -0.391 e. The molecular formula is C22H26N4O4. The standard InChI is InChI=1S/C22H26N4O4/c1-13(2)20(19-8-9-24-30-19)22(29)26-12-17(27)10-18(26)21(28)25-14(3)16-6-4-15(11-23)5-7-16/h4-9,13-14,17-18,20,27H,10,12H2,1-3H3,(H,25,28)/t14-,17+,18-,20+/m0/s1. The first-order valence-corrected chi connectivity index (χ1v) is 10.0. The topological polar surface area (TPSA) is 119 Å². The van der Waals surface area contributed by atoms with Crippen LogP contribution in [0.1, 0.15) is 56.0 Å². The highest BCUT2D eigenvalue weighted by Gasteiger charge is 2.43. The molecule has 2 amide bonds. The molecule has 3 rings (SSSR count). The van der Waals surface area contributed by atoms with Crippen molar-refractivity contribution in [1.29, 1.82) is 5.26 Å². The summed E-state index contributed by atoms with van der Waals surface area (Å²) in [6.45, 7) is 5.74. The van der Waals surface area contributed by atoms with E-state index in [9.17, 15) is 14.7 Å². The van der Waals surface area contributed by atoms with E-state index in [2.05, 4.69) is 16.5 Å². The summed E-state index contributed by atoms with van der Waals surface area (Å²) in [4.78, 5) is 27.7. The molecule has 8 nitrogen and oxygen atoms in total. The van der Waals surface area contributed by atoms with Crippen LogP contribution < -0.4 is 5.32 Å². The number of aromatic nitrogens is 1. The molecule has 1 saturated heterocycles. The zero-order valence-corrected chi connectivity index (χ0v) is 17.3. The van der Waals surface area contributed by atoms with E-state index in [1.54, 1.807) is 30.3 Å². The van der Waals surface area contributed by atoms with Gasteiger partial charge in [0.25, 0.3) is 0 Å². The molecule has 0 bridgehead atoms. The van der Waals surface area contributed by atoms with Crippen LogP contribution >= 0.6 is 0 Å². The first-order chi connectivity index (χ1) is 14.3. The molecule has 30 heavy (non-hydrogen) atoms. The van der Waals surface area contributed by atoms with Gasteiger partial charge in [0.15, 0.2) is 0 Å². The second-order valence-corrected chi connectivity index (χ2v) is 8.00. The Labute approximate surface area is 175 Å². The van der Waals surface area contributed by atoms with Crippen LogP contribution in [-0.4, -0.2) is 45.7 Å². The molecule has 1 aliphatic rings. The number of nitriles is 1. The number of aliphatic hydroxyl groups excluding tert-OH is 1. The van der Waals surface area contributed by atoms with Gasteiger partial charge in [0.2, 0.25) is 11.8 Å². The van der Waals surface area contributed by atoms with Crippen LogP contribution in [0.25, 0.3) is 0 Å². The SMILES string of the molecule is CC(C)[C@@H](C(=O)N1C[C@H](O)C[C@H]1C(=O)N[C@@H](C)c1ccc(C#N)cc1)c1ccno1. The summed E-state index contributed by atoms with van der Waals surface area (Å²) in [6, 6.07) is 9.59. The second kappa shape index (κ2) is 9.09. The Bertz CT molecular complexity index is 918. The fourth-order valence-electron chi connectivity index (χ4n) is 3.85. The largest absolute Gasteiger partial charge is 0.391 e. The van der Waals surface area contributed by atoms with Crippen LogP contribution in [0.2, 0.25) is 0 Å². The zero-order chi connectivity index (χ0) is 21.8. The third kappa shape index (κ3) is 4.52. The quantitative estimate of drug-likeness (QED) is 0.753. The number of carbonyl (C=O) groups excluding carboxylic acids is 2. The van der Waals surface area contributed by atoms with Crippen molar-refractivity contribution in [3.63, 3.8) is 0 Å². The van der Waals surface area contributed by atoms with Crippen LogP contribution in [0.15, 0.2) is 41.1 Å². The highest BCUT2D eigenvalue weighted by molar-refractivity contribution is 5.91. The van der Waals surface area contributed by atoms with Gasteiger partial charge in [-0.2, -0.15) is 5.26 Å². The van der Waals surface area contributed by atoms with E-state index in [0.717, 1.165) is 5.56 Å². The van der Waals surface area contributed by atoms with Gasteiger partial charge in [0, 0.05) is 19.0 Å². The molecule has 2 aromatic rings. The molecule has 0 unspecified atom stereocenters. The average molecular weight is 410 g/mol. The van der Waals surface area contributed by atoms with Crippen LogP contribution in [0.3, 0.4) is 0 Å². The molecule has 2 N–H and O–H groups in total. The molecular weight excluding hydrogens is 384 g/mol. The smallest absolute Gasteiger partial charge is 0.243 e. The lowest BCUT2D eigenvalue weighted by molar-refractivity contribution is -0.141. The molecule has 0 radical (unpaired) electrons. The predicted octanol–water partition coefficient (Wildman–Crippen LogP) is 2.13. The molecule has 0 saturated carbocycles. The maximum atomic E-state index is 13.3. The van der Waals surface area contributed by atoms with Gasteiger partial charge < -0.3 is 19.8 Å². The van der Waals surface area contributed by atoms with Crippen LogP contribution in [-0.2, 0) is 9.59 Å². The first-order valence-electron chi connectivity index (χ1n) is 10.0. The lowest BCUT2D eigenvalue weighted by Crippen LogP contribution is -2.48. The van der Waals surface area contributed by atoms with Gasteiger partial charge in [-0.3, -0.25) is 9.59 Å². The van der Waals surface area contributed by atoms with Crippen molar-refractivity contribution >= 4 is 11.8 Å². The van der Waals surface area contributed by atoms with Gasteiger partial charge in [0.1, 0.15) is 17.7 Å². The summed E-state index contributed by atoms with van der Waals surface area (Å²) in [6.07, 6.45) is 0.900. The van der Waals surface area contributed by atoms with E-state index < -0.39 is 18.1 Å². The van der Waals surface area contributed by atoms with Crippen molar-refractivity contribution < 1.29 is 19.2 Å². The van der Waals surface area contributed by atoms with Gasteiger partial charge in [-0.1, -0.05) is 31.1 Å². The van der Waals surface area contributed by atoms with Crippen molar-refractivity contribution in [2.45, 2.75) is 51.3 Å². The number of nitrogens with one attached hydrogen (secondary N) is 1. The number of amides is 2. The Morgan fingerprint density at radius 1 is 1.27 bits per heavy atom. The normalized spacial score (nSPS) is 20.6. The minimum atomic E-state index is -0.766. The number of rotatable bonds is 6. The Morgan fingerprint density at radius 3 is 2.53 bits per heavy atom. The summed E-state index contributed by atoms with van der Waals surface area (Å²) in [5.74, 6) is -0.781. The Balaban J connectivity index is 1.75. The molecule has 1 aliphatic heterocycles. The molecule has 2 heterocycles. The van der Waals surface area contributed by atoms with Crippen molar-refractivity contribution in [1.82, 2.24) is 15.4 Å². The Kier molecular flexibility index (Phi) is 6.53. The van der Waals surface area contributed by atoms with Gasteiger partial charge >= 0.3 is 0 Å². The Morgan fingerprint density at radius 2 is 1.97 bits per heavy atom. The van der Waals surface area contributed by atoms with E-state index >= 15 is 0 Å². The number of hydrogen-bond acceptors (Lipinski definition) is 6. The first kappa shape index (κ1) is 21.5. The lowest BCUT2D eigenvalue weighted by Gasteiger charge is -2.29. The number of hydrogen-bond donors (Lipinski definition) is 2. The van der Waals surface area contributed by atoms with Gasteiger partial charge in [0.05, 0.1) is 30.0 Å². The molecule has 1 aromatic heterocycles. The number of likely N-dealkylation sites (tertiary alicyclic amines) is 1. The predicted molar refractivity (Wildman–Crippen MR) is 108 cm³/mol. The summed E-state index contributed by atoms with van der Waals surface area (Å²) in [5.41, 5.74) is 1.39. The molecule has 8 heteroatoms. The number of benzene rings is 1. The number of aliphatic hydroxyl groups is 1. The molecule has 4 atom stereocenters. The molecule has 158 valence electrons. The third-order valence-corrected chi connectivity index (χ3v) is 5.46. The maximum Gasteiger partial charge on any atom is 0.243 e. The van der Waals surface area contributed by atoms with E-state index in [-0.39, 0.29) is 36.7 Å². The fourth-order valence-corrected chi connectivity index (χ4v) is 3.85. The average Bonchev–Trinajstić information content (AvgIpc) is 3.37. The van der Waals surface area contributed by atoms with Gasteiger partial charge in [-0.25, -0.2) is 0 Å². The summed E-state index contributed by atoms with van der Waals surface area (Å²) >= 11 is 0. The van der Waals surface area contributed by atoms with Crippen molar-refractivity contribution in [2.24, 2.45) is 5.92 Å². The minimum absolute atomic E-state index is 0.0653. The lowest BCUT2D eigenvalue weighted by atomic mass is 9.91. The monoisotopic (exact) mass is 410 g/mol. The van der Waals surface area contributed by atoms with Crippen LogP contribution in [0, 0.1) is 17.2 Å². The van der Waals surface area contributed by atoms with Crippen molar-refractivity contribution in [3.05, 3.63) is 53.4 Å². The number of carbonyl (C=O) groups is 2. The van der Waals surface area contributed by atoms with E-state index in [1.807, 2.05) is 20.8 Å². The van der Waals surface area contributed by atoms with Crippen LogP contribution in [0.4, 0.5) is 0 Å². The molecule has 1 fully saturated rings. The van der Waals surface area contributed by atoms with E-state index in [1.165, 1.54) is 11.1 Å². The molecule has 0 aliphatic carbocycles. The highest BCUT2D eigenvalue weighted by Crippen LogP contribution is 2.30. The second-order valence-electron chi connectivity index (χ2n) is 8.00. The van der Waals surface area contributed by atoms with E-state index in [0.29, 0.717) is 11.3 Å². The summed E-state index contributed by atoms with van der Waals surface area (Å²) < 4.78 is 5.22. The number of β-amino-alcohol motifs (C(OH)–C–C–N with tert-alkyl or cyclic N) is 1. The summed E-state index contributed by atoms with van der Waals surface area (Å²) in [7, 11) is 0. The van der Waals surface area contributed by atoms with Crippen molar-refractivity contribution in [3.8, 4) is 6.07 Å². The molecule has 1 aromatic carbocycles. The van der Waals surface area contributed by atoms with E-state index in [4.69, 9.17) is 9.78 Å². The third-order valence-electron chi connectivity index (χ3n) is 5.46. The maximum absolute atomic E-state index is 13.3. The molecule has 0 spiro atoms. The summed E-state index contributed by atoms with van der Waals surface area (Å²) in [5, 5.41) is 25.7. The van der Waals surface area contributed by atoms with Crippen molar-refractivity contribution in [2.75, 3.05) is 6.54 Å². The van der Waals surface area contributed by atoms with Gasteiger partial charge in [-0.05, 0) is 30.5 Å². The fraction of sp³-hybridized carbons (Fsp3) is 0.455. The highest BCUT2D eigenvalue weighted by atomic mass is 16.5.